The molecule has 0 aromatic carbocycles. The summed E-state index contributed by atoms with van der Waals surface area (Å²) in [4.78, 5) is 0. The third-order valence-electron chi connectivity index (χ3n) is 2.45. The van der Waals surface area contributed by atoms with Gasteiger partial charge in [0.25, 0.3) is 0 Å². The SMILES string of the molecule is CCCCCCCC(C#N)NCCOC. The van der Waals surface area contributed by atoms with E-state index in [1.54, 1.807) is 7.11 Å². The van der Waals surface area contributed by atoms with Crippen LogP contribution in [0.2, 0.25) is 0 Å². The van der Waals surface area contributed by atoms with Crippen LogP contribution in [0.25, 0.3) is 0 Å². The molecule has 0 radical (unpaired) electrons. The van der Waals surface area contributed by atoms with Crippen molar-refractivity contribution in [1.82, 2.24) is 5.32 Å². The van der Waals surface area contributed by atoms with Crippen LogP contribution >= 0.6 is 0 Å². The molecule has 0 aliphatic carbocycles. The molecule has 0 aliphatic heterocycles. The highest BCUT2D eigenvalue weighted by Gasteiger charge is 2.04. The van der Waals surface area contributed by atoms with E-state index in [1.165, 1.54) is 25.7 Å². The van der Waals surface area contributed by atoms with Gasteiger partial charge in [-0.05, 0) is 6.42 Å². The molecular weight excluding hydrogens is 188 g/mol. The maximum Gasteiger partial charge on any atom is 0.0953 e. The molecule has 0 aliphatic rings. The highest BCUT2D eigenvalue weighted by atomic mass is 16.5. The molecular formula is C12H24N2O. The highest BCUT2D eigenvalue weighted by molar-refractivity contribution is 4.89. The first-order chi connectivity index (χ1) is 7.35. The summed E-state index contributed by atoms with van der Waals surface area (Å²) in [7, 11) is 1.67. The summed E-state index contributed by atoms with van der Waals surface area (Å²) in [6, 6.07) is 2.29. The molecule has 0 saturated heterocycles. The van der Waals surface area contributed by atoms with Crippen molar-refractivity contribution in [3.8, 4) is 6.07 Å². The normalized spacial score (nSPS) is 12.3. The average molecular weight is 212 g/mol. The van der Waals surface area contributed by atoms with Gasteiger partial charge in [-0.3, -0.25) is 5.32 Å². The van der Waals surface area contributed by atoms with Gasteiger partial charge in [0.2, 0.25) is 0 Å². The Morgan fingerprint density at radius 1 is 1.27 bits per heavy atom. The van der Waals surface area contributed by atoms with E-state index in [4.69, 9.17) is 10.00 Å². The quantitative estimate of drug-likeness (QED) is 0.566. The third kappa shape index (κ3) is 9.71. The summed E-state index contributed by atoms with van der Waals surface area (Å²) in [6.45, 7) is 3.65. The second-order valence-corrected chi connectivity index (χ2v) is 3.83. The summed E-state index contributed by atoms with van der Waals surface area (Å²) < 4.78 is 4.92. The molecule has 0 rings (SSSR count). The predicted octanol–water partition coefficient (Wildman–Crippen LogP) is 2.48. The number of rotatable bonds is 10. The Hall–Kier alpha value is -0.590. The summed E-state index contributed by atoms with van der Waals surface area (Å²) in [5, 5.41) is 12.0. The molecule has 0 heterocycles. The van der Waals surface area contributed by atoms with Crippen LogP contribution in [0.3, 0.4) is 0 Å². The van der Waals surface area contributed by atoms with Crippen LogP contribution in [0.1, 0.15) is 45.4 Å². The minimum absolute atomic E-state index is 0.00164. The average Bonchev–Trinajstić information content (AvgIpc) is 2.26. The maximum atomic E-state index is 8.87. The highest BCUT2D eigenvalue weighted by Crippen LogP contribution is 2.06. The molecule has 15 heavy (non-hydrogen) atoms. The fourth-order valence-electron chi connectivity index (χ4n) is 1.50. The van der Waals surface area contributed by atoms with Crippen molar-refractivity contribution < 1.29 is 4.74 Å². The Labute approximate surface area is 93.8 Å². The third-order valence-corrected chi connectivity index (χ3v) is 2.45. The van der Waals surface area contributed by atoms with Gasteiger partial charge in [-0.25, -0.2) is 0 Å². The van der Waals surface area contributed by atoms with E-state index in [-0.39, 0.29) is 6.04 Å². The monoisotopic (exact) mass is 212 g/mol. The molecule has 0 bridgehead atoms. The minimum Gasteiger partial charge on any atom is -0.383 e. The molecule has 0 spiro atoms. The van der Waals surface area contributed by atoms with Crippen LogP contribution in [0.5, 0.6) is 0 Å². The van der Waals surface area contributed by atoms with Crippen molar-refractivity contribution in [3.05, 3.63) is 0 Å². The first-order valence-corrected chi connectivity index (χ1v) is 5.97. The lowest BCUT2D eigenvalue weighted by Crippen LogP contribution is -2.30. The van der Waals surface area contributed by atoms with Crippen LogP contribution in [0.15, 0.2) is 0 Å². The maximum absolute atomic E-state index is 8.87. The Balaban J connectivity index is 3.33. The van der Waals surface area contributed by atoms with E-state index in [0.717, 1.165) is 19.4 Å². The number of hydrogen-bond acceptors (Lipinski definition) is 3. The first-order valence-electron chi connectivity index (χ1n) is 5.97. The van der Waals surface area contributed by atoms with Crippen molar-refractivity contribution in [2.24, 2.45) is 0 Å². The molecule has 0 amide bonds. The van der Waals surface area contributed by atoms with Gasteiger partial charge in [0.1, 0.15) is 0 Å². The number of nitrogens with one attached hydrogen (secondary N) is 1. The lowest BCUT2D eigenvalue weighted by molar-refractivity contribution is 0.197. The van der Waals surface area contributed by atoms with Gasteiger partial charge in [-0.1, -0.05) is 39.0 Å². The largest absolute Gasteiger partial charge is 0.383 e. The van der Waals surface area contributed by atoms with E-state index in [1.807, 2.05) is 0 Å². The topological polar surface area (TPSA) is 45.0 Å². The second kappa shape index (κ2) is 11.5. The molecule has 3 nitrogen and oxygen atoms in total. The predicted molar refractivity (Wildman–Crippen MR) is 62.7 cm³/mol. The van der Waals surface area contributed by atoms with Crippen LogP contribution in [-0.4, -0.2) is 26.3 Å². The Bertz CT molecular complexity index is 165. The molecule has 0 aromatic heterocycles. The van der Waals surface area contributed by atoms with Crippen LogP contribution in [0, 0.1) is 11.3 Å². The van der Waals surface area contributed by atoms with Crippen LogP contribution in [0.4, 0.5) is 0 Å². The van der Waals surface area contributed by atoms with Crippen molar-refractivity contribution in [2.45, 2.75) is 51.5 Å². The zero-order chi connectivity index (χ0) is 11.4. The van der Waals surface area contributed by atoms with E-state index in [9.17, 15) is 0 Å². The van der Waals surface area contributed by atoms with Gasteiger partial charge in [0.05, 0.1) is 18.7 Å². The smallest absolute Gasteiger partial charge is 0.0953 e. The summed E-state index contributed by atoms with van der Waals surface area (Å²) in [5.74, 6) is 0. The second-order valence-electron chi connectivity index (χ2n) is 3.83. The number of hydrogen-bond donors (Lipinski definition) is 1. The fourth-order valence-corrected chi connectivity index (χ4v) is 1.50. The Morgan fingerprint density at radius 3 is 2.60 bits per heavy atom. The molecule has 0 saturated carbocycles. The van der Waals surface area contributed by atoms with Crippen molar-refractivity contribution in [3.63, 3.8) is 0 Å². The summed E-state index contributed by atoms with van der Waals surface area (Å²) in [6.07, 6.45) is 7.24. The fraction of sp³-hybridized carbons (Fsp3) is 0.917. The molecule has 3 heteroatoms. The Morgan fingerprint density at radius 2 is 2.00 bits per heavy atom. The number of ether oxygens (including phenoxy) is 1. The lowest BCUT2D eigenvalue weighted by Gasteiger charge is -2.10. The molecule has 1 N–H and O–H groups in total. The van der Waals surface area contributed by atoms with Gasteiger partial charge in [-0.2, -0.15) is 5.26 Å². The Kier molecular flexibility index (Phi) is 11.0. The van der Waals surface area contributed by atoms with Crippen molar-refractivity contribution in [1.29, 1.82) is 5.26 Å². The molecule has 1 atom stereocenters. The molecule has 1 unspecified atom stereocenters. The van der Waals surface area contributed by atoms with Crippen molar-refractivity contribution in [2.75, 3.05) is 20.3 Å². The first kappa shape index (κ1) is 14.4. The molecule has 0 fully saturated rings. The summed E-state index contributed by atoms with van der Waals surface area (Å²) in [5.41, 5.74) is 0. The number of unbranched alkanes of at least 4 members (excludes halogenated alkanes) is 4. The van der Waals surface area contributed by atoms with Gasteiger partial charge in [-0.15, -0.1) is 0 Å². The van der Waals surface area contributed by atoms with Gasteiger partial charge < -0.3 is 4.74 Å². The van der Waals surface area contributed by atoms with E-state index in [0.29, 0.717) is 6.61 Å². The molecule has 0 aromatic rings. The standard InChI is InChI=1S/C12H24N2O/c1-3-4-5-6-7-8-12(11-13)14-9-10-15-2/h12,14H,3-10H2,1-2H3. The van der Waals surface area contributed by atoms with Crippen LogP contribution < -0.4 is 5.32 Å². The van der Waals surface area contributed by atoms with E-state index >= 15 is 0 Å². The van der Waals surface area contributed by atoms with E-state index < -0.39 is 0 Å². The molecule has 88 valence electrons. The van der Waals surface area contributed by atoms with Crippen LogP contribution in [-0.2, 0) is 4.74 Å². The summed E-state index contributed by atoms with van der Waals surface area (Å²) >= 11 is 0. The zero-order valence-corrected chi connectivity index (χ0v) is 10.1. The van der Waals surface area contributed by atoms with Gasteiger partial charge in [0.15, 0.2) is 0 Å². The van der Waals surface area contributed by atoms with Gasteiger partial charge in [0, 0.05) is 13.7 Å². The number of nitriles is 1. The van der Waals surface area contributed by atoms with E-state index in [2.05, 4.69) is 18.3 Å². The number of nitrogens with zero attached hydrogens (tertiary/aromatic N) is 1. The lowest BCUT2D eigenvalue weighted by atomic mass is 10.1. The van der Waals surface area contributed by atoms with Crippen molar-refractivity contribution >= 4 is 0 Å². The van der Waals surface area contributed by atoms with Gasteiger partial charge >= 0.3 is 0 Å². The zero-order valence-electron chi connectivity index (χ0n) is 10.1. The minimum atomic E-state index is 0.00164. The number of methoxy groups -OCH3 is 1.